The summed E-state index contributed by atoms with van der Waals surface area (Å²) in [6.45, 7) is 13.5. The van der Waals surface area contributed by atoms with E-state index in [-0.39, 0.29) is 18.8 Å². The SMILES string of the molecule is CC(C)C[C@@](C)(N)B1O[C@@H]2CC3CC(C3(C)C)[C@]2(C)O1. The van der Waals surface area contributed by atoms with Gasteiger partial charge in [0.25, 0.3) is 0 Å². The molecule has 1 heterocycles. The molecule has 1 saturated heterocycles. The monoisotopic (exact) mass is 279 g/mol. The molecule has 0 spiro atoms. The fourth-order valence-electron chi connectivity index (χ4n) is 5.13. The van der Waals surface area contributed by atoms with E-state index in [1.807, 2.05) is 0 Å². The Balaban J connectivity index is 1.79. The first-order chi connectivity index (χ1) is 9.07. The summed E-state index contributed by atoms with van der Waals surface area (Å²) in [5.41, 5.74) is 6.37. The zero-order valence-electron chi connectivity index (χ0n) is 13.9. The van der Waals surface area contributed by atoms with Gasteiger partial charge in [0.2, 0.25) is 0 Å². The lowest BCUT2D eigenvalue weighted by Crippen LogP contribution is -2.65. The first-order valence-corrected chi connectivity index (χ1v) is 8.19. The molecule has 0 radical (unpaired) electrons. The van der Waals surface area contributed by atoms with E-state index in [1.54, 1.807) is 0 Å². The maximum Gasteiger partial charge on any atom is 0.478 e. The number of hydrogen-bond donors (Lipinski definition) is 1. The average Bonchev–Trinajstić information content (AvgIpc) is 2.64. The van der Waals surface area contributed by atoms with Gasteiger partial charge in [-0.25, -0.2) is 0 Å². The highest BCUT2D eigenvalue weighted by Crippen LogP contribution is 2.66. The summed E-state index contributed by atoms with van der Waals surface area (Å²) in [5, 5.41) is 0. The molecular formula is C16H30BNO2. The van der Waals surface area contributed by atoms with E-state index in [2.05, 4.69) is 41.5 Å². The van der Waals surface area contributed by atoms with E-state index < -0.39 is 5.44 Å². The van der Waals surface area contributed by atoms with Crippen molar-refractivity contribution in [3.8, 4) is 0 Å². The highest BCUT2D eigenvalue weighted by atomic mass is 16.7. The molecule has 3 nitrogen and oxygen atoms in total. The van der Waals surface area contributed by atoms with Crippen LogP contribution in [0.3, 0.4) is 0 Å². The Labute approximate surface area is 124 Å². The largest absolute Gasteiger partial charge is 0.478 e. The first-order valence-electron chi connectivity index (χ1n) is 8.19. The van der Waals surface area contributed by atoms with Gasteiger partial charge < -0.3 is 15.0 Å². The molecule has 3 saturated carbocycles. The standard InChI is InChI=1S/C16H30BNO2/c1-10(2)9-15(5,18)17-19-13-8-11-7-12(14(11,3)4)16(13,6)20-17/h10-13H,7-9,18H2,1-6H3/t11?,12?,13-,15-,16+/m1/s1. The third-order valence-electron chi connectivity index (χ3n) is 6.34. The minimum atomic E-state index is -0.400. The van der Waals surface area contributed by atoms with Crippen molar-refractivity contribution in [2.75, 3.05) is 0 Å². The third kappa shape index (κ3) is 1.91. The van der Waals surface area contributed by atoms with Crippen LogP contribution >= 0.6 is 0 Å². The van der Waals surface area contributed by atoms with Gasteiger partial charge in [0.05, 0.1) is 11.7 Å². The Morgan fingerprint density at radius 2 is 1.95 bits per heavy atom. The second kappa shape index (κ2) is 4.24. The maximum atomic E-state index is 6.51. The van der Waals surface area contributed by atoms with Crippen LogP contribution < -0.4 is 5.73 Å². The van der Waals surface area contributed by atoms with E-state index in [4.69, 9.17) is 15.0 Å². The van der Waals surface area contributed by atoms with E-state index in [9.17, 15) is 0 Å². The molecular weight excluding hydrogens is 249 g/mol. The lowest BCUT2D eigenvalue weighted by molar-refractivity contribution is -0.199. The van der Waals surface area contributed by atoms with Crippen molar-refractivity contribution in [2.24, 2.45) is 28.9 Å². The molecule has 4 aliphatic rings. The van der Waals surface area contributed by atoms with Crippen LogP contribution in [0.4, 0.5) is 0 Å². The molecule has 0 amide bonds. The van der Waals surface area contributed by atoms with Crippen molar-refractivity contribution in [2.45, 2.75) is 77.9 Å². The number of nitrogens with two attached hydrogens (primary N) is 1. The van der Waals surface area contributed by atoms with Crippen LogP contribution in [0.5, 0.6) is 0 Å². The third-order valence-corrected chi connectivity index (χ3v) is 6.34. The highest BCUT2D eigenvalue weighted by molar-refractivity contribution is 6.49. The second-order valence-electron chi connectivity index (χ2n) is 8.90. The van der Waals surface area contributed by atoms with E-state index >= 15 is 0 Å². The van der Waals surface area contributed by atoms with Gasteiger partial charge in [-0.3, -0.25) is 0 Å². The summed E-state index contributed by atoms with van der Waals surface area (Å²) >= 11 is 0. The Morgan fingerprint density at radius 3 is 2.50 bits per heavy atom. The van der Waals surface area contributed by atoms with Crippen molar-refractivity contribution >= 4 is 7.12 Å². The van der Waals surface area contributed by atoms with Gasteiger partial charge in [0, 0.05) is 5.44 Å². The van der Waals surface area contributed by atoms with E-state index in [0.717, 1.165) is 18.8 Å². The summed E-state index contributed by atoms with van der Waals surface area (Å²) < 4.78 is 12.7. The summed E-state index contributed by atoms with van der Waals surface area (Å²) in [5.74, 6) is 1.96. The van der Waals surface area contributed by atoms with Gasteiger partial charge in [-0.05, 0) is 56.3 Å². The van der Waals surface area contributed by atoms with Gasteiger partial charge >= 0.3 is 7.12 Å². The molecule has 0 aromatic rings. The Bertz CT molecular complexity index is 409. The number of hydrogen-bond acceptors (Lipinski definition) is 3. The molecule has 4 fully saturated rings. The topological polar surface area (TPSA) is 44.5 Å². The van der Waals surface area contributed by atoms with Crippen LogP contribution in [0.1, 0.15) is 60.8 Å². The van der Waals surface area contributed by atoms with Gasteiger partial charge in [-0.1, -0.05) is 27.7 Å². The van der Waals surface area contributed by atoms with Crippen LogP contribution in [0.2, 0.25) is 0 Å². The normalized spacial score (nSPS) is 45.0. The summed E-state index contributed by atoms with van der Waals surface area (Å²) in [4.78, 5) is 0. The van der Waals surface area contributed by atoms with Crippen molar-refractivity contribution in [3.05, 3.63) is 0 Å². The van der Waals surface area contributed by atoms with Crippen LogP contribution in [0.15, 0.2) is 0 Å². The maximum absolute atomic E-state index is 6.51. The quantitative estimate of drug-likeness (QED) is 0.808. The molecule has 0 aromatic heterocycles. The van der Waals surface area contributed by atoms with Crippen molar-refractivity contribution in [3.63, 3.8) is 0 Å². The first kappa shape index (κ1) is 14.9. The average molecular weight is 279 g/mol. The van der Waals surface area contributed by atoms with Gasteiger partial charge in [0.15, 0.2) is 0 Å². The van der Waals surface area contributed by atoms with Crippen LogP contribution in [0, 0.1) is 23.2 Å². The van der Waals surface area contributed by atoms with Gasteiger partial charge in [-0.15, -0.1) is 0 Å². The predicted molar refractivity (Wildman–Crippen MR) is 82.2 cm³/mol. The van der Waals surface area contributed by atoms with Crippen molar-refractivity contribution in [1.29, 1.82) is 0 Å². The molecule has 2 N–H and O–H groups in total. The van der Waals surface area contributed by atoms with E-state index in [1.165, 1.54) is 6.42 Å². The fourth-order valence-corrected chi connectivity index (χ4v) is 5.13. The minimum absolute atomic E-state index is 0.138. The minimum Gasteiger partial charge on any atom is -0.404 e. The molecule has 3 aliphatic carbocycles. The van der Waals surface area contributed by atoms with Gasteiger partial charge in [-0.2, -0.15) is 0 Å². The van der Waals surface area contributed by atoms with Crippen LogP contribution in [-0.2, 0) is 9.31 Å². The van der Waals surface area contributed by atoms with Crippen molar-refractivity contribution < 1.29 is 9.31 Å². The Kier molecular flexibility index (Phi) is 3.15. The Morgan fingerprint density at radius 1 is 1.30 bits per heavy atom. The molecule has 20 heavy (non-hydrogen) atoms. The van der Waals surface area contributed by atoms with Crippen LogP contribution in [0.25, 0.3) is 0 Å². The highest BCUT2D eigenvalue weighted by Gasteiger charge is 2.69. The van der Waals surface area contributed by atoms with E-state index in [0.29, 0.717) is 17.3 Å². The molecule has 114 valence electrons. The smallest absolute Gasteiger partial charge is 0.404 e. The molecule has 5 atom stereocenters. The lowest BCUT2D eigenvalue weighted by atomic mass is 9.43. The molecule has 2 bridgehead atoms. The van der Waals surface area contributed by atoms with Crippen molar-refractivity contribution in [1.82, 2.24) is 0 Å². The molecule has 2 unspecified atom stereocenters. The number of rotatable bonds is 3. The molecule has 0 aromatic carbocycles. The molecule has 4 rings (SSSR count). The summed E-state index contributed by atoms with van der Waals surface area (Å²) in [6.07, 6.45) is 3.59. The second-order valence-corrected chi connectivity index (χ2v) is 8.90. The summed E-state index contributed by atoms with van der Waals surface area (Å²) in [6, 6.07) is 0. The van der Waals surface area contributed by atoms with Crippen LogP contribution in [-0.4, -0.2) is 24.3 Å². The zero-order chi connectivity index (χ0) is 14.9. The predicted octanol–water partition coefficient (Wildman–Crippen LogP) is 3.02. The molecule has 4 heteroatoms. The fraction of sp³-hybridized carbons (Fsp3) is 1.00. The molecule has 1 aliphatic heterocycles. The zero-order valence-corrected chi connectivity index (χ0v) is 13.9. The lowest BCUT2D eigenvalue weighted by Gasteiger charge is -2.64. The summed E-state index contributed by atoms with van der Waals surface area (Å²) in [7, 11) is -0.255. The van der Waals surface area contributed by atoms with Gasteiger partial charge in [0.1, 0.15) is 0 Å². The Hall–Kier alpha value is -0.0551.